The van der Waals surface area contributed by atoms with Gasteiger partial charge in [-0.15, -0.1) is 0 Å². The molecule has 0 amide bonds. The van der Waals surface area contributed by atoms with Gasteiger partial charge in [0.1, 0.15) is 11.5 Å². The summed E-state index contributed by atoms with van der Waals surface area (Å²) in [4.78, 5) is 10.8. The van der Waals surface area contributed by atoms with Crippen LogP contribution in [0.3, 0.4) is 0 Å². The third-order valence-corrected chi connectivity index (χ3v) is 1.68. The summed E-state index contributed by atoms with van der Waals surface area (Å²) in [5.74, 6) is -0.715. The van der Waals surface area contributed by atoms with E-state index in [9.17, 15) is 15.0 Å². The molecule has 0 saturated heterocycles. The van der Waals surface area contributed by atoms with E-state index in [0.29, 0.717) is 0 Å². The Morgan fingerprint density at radius 2 is 1.92 bits per heavy atom. The summed E-state index contributed by atoms with van der Waals surface area (Å²) in [6.45, 7) is 0. The van der Waals surface area contributed by atoms with Crippen molar-refractivity contribution < 1.29 is 19.7 Å². The van der Waals surface area contributed by atoms with Crippen LogP contribution in [0.4, 0.5) is 0 Å². The van der Waals surface area contributed by atoms with Crippen LogP contribution in [0.2, 0.25) is 0 Å². The number of rotatable bonds is 2. The minimum absolute atomic E-state index is 0.106. The Hall–Kier alpha value is -1.71. The number of phenolic OH excluding ortho intramolecular Hbond substituents is 2. The minimum Gasteiger partial charge on any atom is -0.508 e. The van der Waals surface area contributed by atoms with Gasteiger partial charge in [0.15, 0.2) is 0 Å². The maximum Gasteiger partial charge on any atom is 0.310 e. The van der Waals surface area contributed by atoms with Crippen molar-refractivity contribution in [2.24, 2.45) is 0 Å². The van der Waals surface area contributed by atoms with Crippen LogP contribution in [-0.4, -0.2) is 23.3 Å². The largest absolute Gasteiger partial charge is 0.508 e. The monoisotopic (exact) mass is 182 g/mol. The van der Waals surface area contributed by atoms with Gasteiger partial charge in [-0.2, -0.15) is 0 Å². The zero-order valence-corrected chi connectivity index (χ0v) is 7.15. The second-order valence-electron chi connectivity index (χ2n) is 2.53. The molecule has 13 heavy (non-hydrogen) atoms. The number of ether oxygens (including phenoxy) is 1. The summed E-state index contributed by atoms with van der Waals surface area (Å²) < 4.78 is 4.40. The maximum absolute atomic E-state index is 10.8. The van der Waals surface area contributed by atoms with E-state index in [4.69, 9.17) is 0 Å². The first-order chi connectivity index (χ1) is 6.15. The van der Waals surface area contributed by atoms with Crippen molar-refractivity contribution in [1.29, 1.82) is 0 Å². The Balaban J connectivity index is 2.93. The van der Waals surface area contributed by atoms with Gasteiger partial charge in [0.05, 0.1) is 13.5 Å². The predicted octanol–water partition coefficient (Wildman–Crippen LogP) is 0.813. The molecule has 0 aliphatic heterocycles. The summed E-state index contributed by atoms with van der Waals surface area (Å²) in [5, 5.41) is 18.5. The number of hydrogen-bond donors (Lipinski definition) is 2. The van der Waals surface area contributed by atoms with Crippen molar-refractivity contribution in [2.75, 3.05) is 7.11 Å². The maximum atomic E-state index is 10.8. The number of methoxy groups -OCH3 is 1. The molecule has 0 heterocycles. The summed E-state index contributed by atoms with van der Waals surface area (Å²) in [5.41, 5.74) is 0.189. The number of aromatic hydroxyl groups is 2. The van der Waals surface area contributed by atoms with E-state index in [1.54, 1.807) is 0 Å². The highest BCUT2D eigenvalue weighted by Gasteiger charge is 2.11. The fraction of sp³-hybridized carbons (Fsp3) is 0.222. The van der Waals surface area contributed by atoms with Gasteiger partial charge in [0.2, 0.25) is 0 Å². The van der Waals surface area contributed by atoms with Crippen molar-refractivity contribution in [3.05, 3.63) is 23.8 Å². The lowest BCUT2D eigenvalue weighted by atomic mass is 10.1. The van der Waals surface area contributed by atoms with E-state index in [1.807, 2.05) is 0 Å². The summed E-state index contributed by atoms with van der Waals surface area (Å²) in [7, 11) is 1.25. The van der Waals surface area contributed by atoms with Gasteiger partial charge in [-0.3, -0.25) is 4.79 Å². The van der Waals surface area contributed by atoms with Gasteiger partial charge < -0.3 is 14.9 Å². The van der Waals surface area contributed by atoms with E-state index in [2.05, 4.69) is 4.74 Å². The Morgan fingerprint density at radius 1 is 1.38 bits per heavy atom. The highest BCUT2D eigenvalue weighted by atomic mass is 16.5. The number of benzene rings is 1. The lowest BCUT2D eigenvalue weighted by molar-refractivity contribution is -0.139. The molecule has 0 aliphatic carbocycles. The van der Waals surface area contributed by atoms with E-state index >= 15 is 0 Å². The van der Waals surface area contributed by atoms with Crippen LogP contribution in [0.1, 0.15) is 5.56 Å². The van der Waals surface area contributed by atoms with Gasteiger partial charge in [0.25, 0.3) is 0 Å². The molecular weight excluding hydrogens is 172 g/mol. The van der Waals surface area contributed by atoms with Crippen LogP contribution in [0, 0.1) is 0 Å². The van der Waals surface area contributed by atoms with Crippen LogP contribution in [0.25, 0.3) is 0 Å². The van der Waals surface area contributed by atoms with E-state index in [0.717, 1.165) is 0 Å². The average Bonchev–Trinajstić information content (AvgIpc) is 2.11. The van der Waals surface area contributed by atoms with E-state index in [1.165, 1.54) is 25.3 Å². The predicted molar refractivity (Wildman–Crippen MR) is 45.5 cm³/mol. The topological polar surface area (TPSA) is 66.8 Å². The molecule has 70 valence electrons. The Bertz CT molecular complexity index is 299. The van der Waals surface area contributed by atoms with Gasteiger partial charge in [-0.05, 0) is 12.1 Å². The van der Waals surface area contributed by atoms with Crippen LogP contribution in [-0.2, 0) is 16.0 Å². The standard InChI is InChI=1S/C9H10O4/c1-13-9(12)5-6-7(10)3-2-4-8(6)11/h2-4,10-11H,5H2,1H3. The second kappa shape index (κ2) is 3.80. The normalized spacial score (nSPS) is 9.62. The minimum atomic E-state index is -0.503. The molecule has 1 aromatic rings. The Labute approximate surface area is 75.4 Å². The number of hydrogen-bond acceptors (Lipinski definition) is 4. The molecule has 0 bridgehead atoms. The molecule has 4 nitrogen and oxygen atoms in total. The highest BCUT2D eigenvalue weighted by Crippen LogP contribution is 2.26. The molecule has 0 unspecified atom stereocenters. The average molecular weight is 182 g/mol. The second-order valence-corrected chi connectivity index (χ2v) is 2.53. The zero-order chi connectivity index (χ0) is 9.84. The molecule has 4 heteroatoms. The van der Waals surface area contributed by atoms with Crippen molar-refractivity contribution in [1.82, 2.24) is 0 Å². The molecule has 0 radical (unpaired) electrons. The van der Waals surface area contributed by atoms with Gasteiger partial charge in [-0.1, -0.05) is 6.07 Å². The number of esters is 1. The third kappa shape index (κ3) is 2.11. The number of phenols is 2. The SMILES string of the molecule is COC(=O)Cc1c(O)cccc1O. The summed E-state index contributed by atoms with van der Waals surface area (Å²) in [6, 6.07) is 4.29. The smallest absolute Gasteiger partial charge is 0.310 e. The van der Waals surface area contributed by atoms with Crippen molar-refractivity contribution in [3.63, 3.8) is 0 Å². The lowest BCUT2D eigenvalue weighted by Gasteiger charge is -2.04. The summed E-state index contributed by atoms with van der Waals surface area (Å²) >= 11 is 0. The van der Waals surface area contributed by atoms with Gasteiger partial charge in [-0.25, -0.2) is 0 Å². The van der Waals surface area contributed by atoms with Crippen LogP contribution in [0.15, 0.2) is 18.2 Å². The summed E-state index contributed by atoms with van der Waals surface area (Å²) in [6.07, 6.45) is -0.130. The van der Waals surface area contributed by atoms with E-state index in [-0.39, 0.29) is 23.5 Å². The first kappa shape index (κ1) is 9.38. The Morgan fingerprint density at radius 3 is 2.38 bits per heavy atom. The number of carbonyl (C=O) groups is 1. The van der Waals surface area contributed by atoms with Gasteiger partial charge in [0, 0.05) is 5.56 Å². The fourth-order valence-corrected chi connectivity index (χ4v) is 0.960. The van der Waals surface area contributed by atoms with Crippen molar-refractivity contribution in [2.45, 2.75) is 6.42 Å². The molecule has 0 saturated carbocycles. The van der Waals surface area contributed by atoms with E-state index < -0.39 is 5.97 Å². The molecule has 2 N–H and O–H groups in total. The molecule has 0 fully saturated rings. The lowest BCUT2D eigenvalue weighted by Crippen LogP contribution is -2.04. The zero-order valence-electron chi connectivity index (χ0n) is 7.15. The Kier molecular flexibility index (Phi) is 2.74. The van der Waals surface area contributed by atoms with Crippen LogP contribution < -0.4 is 0 Å². The molecule has 1 aromatic carbocycles. The van der Waals surface area contributed by atoms with Gasteiger partial charge >= 0.3 is 5.97 Å². The first-order valence-corrected chi connectivity index (χ1v) is 3.71. The quantitative estimate of drug-likeness (QED) is 0.664. The first-order valence-electron chi connectivity index (χ1n) is 3.71. The molecule has 0 aliphatic rings. The molecule has 0 aromatic heterocycles. The third-order valence-electron chi connectivity index (χ3n) is 1.68. The highest BCUT2D eigenvalue weighted by molar-refractivity contribution is 5.74. The number of carbonyl (C=O) groups excluding carboxylic acids is 1. The molecule has 1 rings (SSSR count). The van der Waals surface area contributed by atoms with Crippen molar-refractivity contribution in [3.8, 4) is 11.5 Å². The fourth-order valence-electron chi connectivity index (χ4n) is 0.960. The van der Waals surface area contributed by atoms with Crippen LogP contribution >= 0.6 is 0 Å². The molecule has 0 atom stereocenters. The van der Waals surface area contributed by atoms with Crippen molar-refractivity contribution >= 4 is 5.97 Å². The molecular formula is C9H10O4. The molecule has 0 spiro atoms. The van der Waals surface area contributed by atoms with Crippen LogP contribution in [0.5, 0.6) is 11.5 Å².